The van der Waals surface area contributed by atoms with Crippen LogP contribution < -0.4 is 5.73 Å². The molecule has 94 valence electrons. The molecule has 0 aliphatic carbocycles. The summed E-state index contributed by atoms with van der Waals surface area (Å²) in [6.07, 6.45) is 6.52. The van der Waals surface area contributed by atoms with E-state index in [-0.39, 0.29) is 0 Å². The molecule has 2 nitrogen and oxygen atoms in total. The molecule has 0 amide bonds. The van der Waals surface area contributed by atoms with Crippen molar-refractivity contribution in [3.63, 3.8) is 0 Å². The Morgan fingerprint density at radius 1 is 1.24 bits per heavy atom. The number of rotatable bonds is 5. The van der Waals surface area contributed by atoms with Gasteiger partial charge in [0.2, 0.25) is 0 Å². The number of hydrogen-bond acceptors (Lipinski definition) is 2. The third kappa shape index (κ3) is 3.22. The highest BCUT2D eigenvalue weighted by Crippen LogP contribution is 2.24. The SMILES string of the molecule is CCCCCCN1CCc2c(N)cccc2C1. The molecule has 0 spiro atoms. The van der Waals surface area contributed by atoms with Gasteiger partial charge in [-0.15, -0.1) is 0 Å². The summed E-state index contributed by atoms with van der Waals surface area (Å²) in [5.41, 5.74) is 9.81. The van der Waals surface area contributed by atoms with Crippen LogP contribution in [-0.4, -0.2) is 18.0 Å². The van der Waals surface area contributed by atoms with Crippen LogP contribution in [0.4, 0.5) is 5.69 Å². The van der Waals surface area contributed by atoms with Gasteiger partial charge in [0.05, 0.1) is 0 Å². The van der Waals surface area contributed by atoms with E-state index >= 15 is 0 Å². The third-order valence-electron chi connectivity index (χ3n) is 3.71. The van der Waals surface area contributed by atoms with Gasteiger partial charge in [0.25, 0.3) is 0 Å². The first-order chi connectivity index (χ1) is 8.31. The van der Waals surface area contributed by atoms with Gasteiger partial charge in [0, 0.05) is 18.8 Å². The van der Waals surface area contributed by atoms with E-state index in [4.69, 9.17) is 5.73 Å². The first-order valence-electron chi connectivity index (χ1n) is 6.90. The first-order valence-corrected chi connectivity index (χ1v) is 6.90. The minimum atomic E-state index is 0.980. The van der Waals surface area contributed by atoms with E-state index in [0.29, 0.717) is 0 Å². The molecule has 0 bridgehead atoms. The maximum Gasteiger partial charge on any atom is 0.0350 e. The van der Waals surface area contributed by atoms with Crippen LogP contribution in [0.3, 0.4) is 0 Å². The van der Waals surface area contributed by atoms with Crippen LogP contribution in [0.2, 0.25) is 0 Å². The highest BCUT2D eigenvalue weighted by molar-refractivity contribution is 5.51. The molecule has 0 unspecified atom stereocenters. The van der Waals surface area contributed by atoms with Gasteiger partial charge in [-0.1, -0.05) is 38.3 Å². The molecule has 1 heterocycles. The first kappa shape index (κ1) is 12.4. The Morgan fingerprint density at radius 3 is 2.94 bits per heavy atom. The topological polar surface area (TPSA) is 29.3 Å². The van der Waals surface area contributed by atoms with E-state index in [1.165, 1.54) is 49.9 Å². The lowest BCUT2D eigenvalue weighted by molar-refractivity contribution is 0.248. The molecule has 2 N–H and O–H groups in total. The molecule has 0 saturated carbocycles. The highest BCUT2D eigenvalue weighted by Gasteiger charge is 2.16. The smallest absolute Gasteiger partial charge is 0.0350 e. The van der Waals surface area contributed by atoms with Gasteiger partial charge in [-0.25, -0.2) is 0 Å². The lowest BCUT2D eigenvalue weighted by atomic mass is 9.98. The second kappa shape index (κ2) is 6.06. The summed E-state index contributed by atoms with van der Waals surface area (Å²) in [4.78, 5) is 2.57. The van der Waals surface area contributed by atoms with Crippen LogP contribution >= 0.6 is 0 Å². The fourth-order valence-electron chi connectivity index (χ4n) is 2.65. The van der Waals surface area contributed by atoms with Crippen molar-refractivity contribution in [1.29, 1.82) is 0 Å². The van der Waals surface area contributed by atoms with E-state index in [2.05, 4.69) is 24.0 Å². The average molecular weight is 232 g/mol. The van der Waals surface area contributed by atoms with Gasteiger partial charge in [-0.2, -0.15) is 0 Å². The van der Waals surface area contributed by atoms with Gasteiger partial charge in [0.1, 0.15) is 0 Å². The standard InChI is InChI=1S/C15H24N2/c1-2-3-4-5-10-17-11-9-14-13(12-17)7-6-8-15(14)16/h6-8H,2-5,9-12,16H2,1H3. The van der Waals surface area contributed by atoms with Crippen LogP contribution in [-0.2, 0) is 13.0 Å². The number of unbranched alkanes of at least 4 members (excludes halogenated alkanes) is 3. The van der Waals surface area contributed by atoms with Gasteiger partial charge >= 0.3 is 0 Å². The minimum Gasteiger partial charge on any atom is -0.398 e. The minimum absolute atomic E-state index is 0.980. The van der Waals surface area contributed by atoms with Crippen LogP contribution in [0.25, 0.3) is 0 Å². The molecule has 1 aromatic carbocycles. The molecule has 0 radical (unpaired) electrons. The molecular formula is C15H24N2. The Bertz CT molecular complexity index is 360. The summed E-state index contributed by atoms with van der Waals surface area (Å²) in [7, 11) is 0. The summed E-state index contributed by atoms with van der Waals surface area (Å²) in [5, 5.41) is 0. The van der Waals surface area contributed by atoms with Crippen LogP contribution in [0.15, 0.2) is 18.2 Å². The van der Waals surface area contributed by atoms with Gasteiger partial charge < -0.3 is 5.73 Å². The summed E-state index contributed by atoms with van der Waals surface area (Å²) < 4.78 is 0. The summed E-state index contributed by atoms with van der Waals surface area (Å²) >= 11 is 0. The van der Waals surface area contributed by atoms with Crippen molar-refractivity contribution in [3.05, 3.63) is 29.3 Å². The Balaban J connectivity index is 1.86. The Morgan fingerprint density at radius 2 is 2.12 bits per heavy atom. The van der Waals surface area contributed by atoms with Crippen molar-refractivity contribution in [1.82, 2.24) is 4.90 Å². The van der Waals surface area contributed by atoms with Crippen LogP contribution in [0, 0.1) is 0 Å². The highest BCUT2D eigenvalue weighted by atomic mass is 15.1. The number of hydrogen-bond donors (Lipinski definition) is 1. The molecule has 1 aliphatic rings. The normalized spacial score (nSPS) is 15.8. The molecule has 0 fully saturated rings. The third-order valence-corrected chi connectivity index (χ3v) is 3.71. The number of benzene rings is 1. The molecule has 0 atom stereocenters. The van der Waals surface area contributed by atoms with Gasteiger partial charge in [-0.05, 0) is 36.6 Å². The van der Waals surface area contributed by atoms with Crippen molar-refractivity contribution >= 4 is 5.69 Å². The zero-order valence-electron chi connectivity index (χ0n) is 10.9. The van der Waals surface area contributed by atoms with Crippen LogP contribution in [0.1, 0.15) is 43.7 Å². The number of nitrogen functional groups attached to an aromatic ring is 1. The predicted octanol–water partition coefficient (Wildman–Crippen LogP) is 3.21. The number of nitrogens with zero attached hydrogens (tertiary/aromatic N) is 1. The second-order valence-electron chi connectivity index (χ2n) is 5.07. The Kier molecular flexibility index (Phi) is 4.43. The lowest BCUT2D eigenvalue weighted by Crippen LogP contribution is -2.31. The zero-order valence-corrected chi connectivity index (χ0v) is 10.9. The summed E-state index contributed by atoms with van der Waals surface area (Å²) in [6, 6.07) is 6.33. The van der Waals surface area contributed by atoms with Gasteiger partial charge in [-0.3, -0.25) is 4.90 Å². The Hall–Kier alpha value is -1.02. The average Bonchev–Trinajstić information content (AvgIpc) is 2.35. The number of nitrogens with two attached hydrogens (primary N) is 1. The van der Waals surface area contributed by atoms with E-state index in [0.717, 1.165) is 18.7 Å². The van der Waals surface area contributed by atoms with E-state index in [1.807, 2.05) is 6.07 Å². The summed E-state index contributed by atoms with van der Waals surface area (Å²) in [5.74, 6) is 0. The molecule has 1 aromatic rings. The second-order valence-corrected chi connectivity index (χ2v) is 5.07. The van der Waals surface area contributed by atoms with E-state index < -0.39 is 0 Å². The van der Waals surface area contributed by atoms with E-state index in [9.17, 15) is 0 Å². The molecule has 2 heteroatoms. The van der Waals surface area contributed by atoms with Crippen molar-refractivity contribution < 1.29 is 0 Å². The molecule has 17 heavy (non-hydrogen) atoms. The number of anilines is 1. The maximum absolute atomic E-state index is 6.01. The molecule has 1 aliphatic heterocycles. The number of fused-ring (bicyclic) bond motifs is 1. The molecule has 0 aromatic heterocycles. The maximum atomic E-state index is 6.01. The molecule has 2 rings (SSSR count). The molecule has 0 saturated heterocycles. The summed E-state index contributed by atoms with van der Waals surface area (Å²) in [6.45, 7) is 5.77. The van der Waals surface area contributed by atoms with E-state index in [1.54, 1.807) is 0 Å². The van der Waals surface area contributed by atoms with Crippen molar-refractivity contribution in [2.24, 2.45) is 0 Å². The zero-order chi connectivity index (χ0) is 12.1. The largest absolute Gasteiger partial charge is 0.398 e. The van der Waals surface area contributed by atoms with Crippen LogP contribution in [0.5, 0.6) is 0 Å². The van der Waals surface area contributed by atoms with Crippen molar-refractivity contribution in [3.8, 4) is 0 Å². The lowest BCUT2D eigenvalue weighted by Gasteiger charge is -2.29. The van der Waals surface area contributed by atoms with Gasteiger partial charge in [0.15, 0.2) is 0 Å². The van der Waals surface area contributed by atoms with Crippen molar-refractivity contribution in [2.75, 3.05) is 18.8 Å². The Labute approximate surface area is 105 Å². The quantitative estimate of drug-likeness (QED) is 0.624. The molecular weight excluding hydrogens is 208 g/mol. The fourth-order valence-corrected chi connectivity index (χ4v) is 2.65. The predicted molar refractivity (Wildman–Crippen MR) is 74.0 cm³/mol. The monoisotopic (exact) mass is 232 g/mol. The fraction of sp³-hybridized carbons (Fsp3) is 0.600. The van der Waals surface area contributed by atoms with Crippen molar-refractivity contribution in [2.45, 2.75) is 45.6 Å².